The number of alkyl carbamates (subject to hydrolysis) is 1. The summed E-state index contributed by atoms with van der Waals surface area (Å²) in [6, 6.07) is -0.863. The highest BCUT2D eigenvalue weighted by molar-refractivity contribution is 5.84. The van der Waals surface area contributed by atoms with Gasteiger partial charge in [0, 0.05) is 30.7 Å². The van der Waals surface area contributed by atoms with Crippen molar-refractivity contribution in [2.24, 2.45) is 35.3 Å². The van der Waals surface area contributed by atoms with Crippen LogP contribution in [-0.2, 0) is 42.7 Å². The van der Waals surface area contributed by atoms with Crippen LogP contribution in [0.3, 0.4) is 0 Å². The van der Waals surface area contributed by atoms with E-state index in [9.17, 15) is 24.6 Å². The van der Waals surface area contributed by atoms with Gasteiger partial charge in [-0.25, -0.2) is 4.79 Å². The Morgan fingerprint density at radius 1 is 0.983 bits per heavy atom. The van der Waals surface area contributed by atoms with Gasteiger partial charge in [0.15, 0.2) is 11.9 Å². The van der Waals surface area contributed by atoms with Gasteiger partial charge in [-0.1, -0.05) is 54.2 Å². The molecule has 0 aromatic rings. The lowest BCUT2D eigenvalue weighted by Gasteiger charge is -2.54. The fourth-order valence-corrected chi connectivity index (χ4v) is 10.3. The van der Waals surface area contributed by atoms with Crippen LogP contribution in [0.15, 0.2) is 24.8 Å². The predicted octanol–water partition coefficient (Wildman–Crippen LogP) is 5.64. The summed E-state index contributed by atoms with van der Waals surface area (Å²) in [5.74, 6) is -5.32. The minimum atomic E-state index is -1.39. The summed E-state index contributed by atoms with van der Waals surface area (Å²) in [5.41, 5.74) is 5.80. The molecule has 5 aliphatic heterocycles. The number of ketones is 1. The largest absolute Gasteiger partial charge is 0.461 e. The van der Waals surface area contributed by atoms with E-state index in [0.29, 0.717) is 70.8 Å². The van der Waals surface area contributed by atoms with Gasteiger partial charge in [-0.2, -0.15) is 0 Å². The molecular weight excluding hydrogens is 760 g/mol. The second-order valence-electron chi connectivity index (χ2n) is 17.9. The van der Waals surface area contributed by atoms with E-state index in [0.717, 1.165) is 6.42 Å². The van der Waals surface area contributed by atoms with E-state index in [-0.39, 0.29) is 48.5 Å². The van der Waals surface area contributed by atoms with Gasteiger partial charge in [0.05, 0.1) is 60.3 Å². The number of aliphatic hydroxyl groups is 2. The van der Waals surface area contributed by atoms with Crippen molar-refractivity contribution in [3.05, 3.63) is 24.8 Å². The first-order valence-corrected chi connectivity index (χ1v) is 22.5. The zero-order valence-electron chi connectivity index (χ0n) is 36.8. The molecule has 0 aromatic heterocycles. The molecule has 1 amide bonds. The Balaban J connectivity index is 1.33. The highest BCUT2D eigenvalue weighted by Gasteiger charge is 2.61. The maximum atomic E-state index is 14.5. The fraction of sp³-hybridized carbons (Fsp3) is 0.844. The van der Waals surface area contributed by atoms with Crippen molar-refractivity contribution >= 4 is 17.8 Å². The van der Waals surface area contributed by atoms with E-state index >= 15 is 0 Å². The van der Waals surface area contributed by atoms with Crippen LogP contribution in [-0.4, -0.2) is 113 Å². The molecule has 5 aliphatic rings. The quantitative estimate of drug-likeness (QED) is 0.110. The molecule has 0 saturated carbocycles. The van der Waals surface area contributed by atoms with E-state index in [1.54, 1.807) is 13.0 Å². The van der Waals surface area contributed by atoms with E-state index in [4.69, 9.17) is 38.9 Å². The number of carbonyl (C=O) groups excluding carboxylic acids is 3. The maximum Gasteiger partial charge on any atom is 0.407 e. The standard InChI is InChI=1S/C45H74N2O12/c1-10-24-53-41(50)30(11-2)32-16-15-17-35(55-32)37(46)39(49)28(8)38(48)31(12-3)40-26(6)25-27(7)44(58-40)23-20-36(56-42(51)47-14-5)45(59-44)22-19-34(57-45)33-18-21-43(52,13-4)29(9)54-33/h10,20,23,26-37,39-40,49,52H,1,11-19,21-22,24-25,46H2,2-9H3,(H,47,51). The van der Waals surface area contributed by atoms with E-state index in [1.807, 2.05) is 47.6 Å². The Hall–Kier alpha value is -2.43. The normalized spacial score (nSPS) is 39.8. The first kappa shape index (κ1) is 47.6. The molecule has 4 fully saturated rings. The van der Waals surface area contributed by atoms with Gasteiger partial charge in [-0.05, 0) is 96.1 Å². The van der Waals surface area contributed by atoms with Crippen LogP contribution in [0.25, 0.3) is 0 Å². The molecule has 17 atom stereocenters. The van der Waals surface area contributed by atoms with Crippen molar-refractivity contribution < 1.29 is 57.8 Å². The molecule has 4 saturated heterocycles. The van der Waals surface area contributed by atoms with Gasteiger partial charge in [-0.15, -0.1) is 0 Å². The number of hydrogen-bond acceptors (Lipinski definition) is 13. The van der Waals surface area contributed by atoms with Crippen LogP contribution in [0.4, 0.5) is 4.79 Å². The van der Waals surface area contributed by atoms with Crippen LogP contribution in [0, 0.1) is 29.6 Å². The first-order chi connectivity index (χ1) is 28.0. The Morgan fingerprint density at radius 2 is 1.68 bits per heavy atom. The maximum absolute atomic E-state index is 14.5. The highest BCUT2D eigenvalue weighted by Crippen LogP contribution is 2.52. The number of carbonyl (C=O) groups is 3. The third-order valence-electron chi connectivity index (χ3n) is 14.1. The summed E-state index contributed by atoms with van der Waals surface area (Å²) in [6.45, 7) is 19.5. The molecule has 14 heteroatoms. The van der Waals surface area contributed by atoms with Gasteiger partial charge in [0.1, 0.15) is 12.4 Å². The Kier molecular flexibility index (Phi) is 16.3. The van der Waals surface area contributed by atoms with E-state index < -0.39 is 77.6 Å². The number of esters is 1. The molecule has 59 heavy (non-hydrogen) atoms. The van der Waals surface area contributed by atoms with Crippen LogP contribution in [0.5, 0.6) is 0 Å². The number of aliphatic hydroxyl groups excluding tert-OH is 1. The van der Waals surface area contributed by atoms with Crippen molar-refractivity contribution in [3.63, 3.8) is 0 Å². The van der Waals surface area contributed by atoms with Crippen LogP contribution in [0.1, 0.15) is 126 Å². The molecule has 2 spiro atoms. The van der Waals surface area contributed by atoms with Crippen molar-refractivity contribution in [1.29, 1.82) is 0 Å². The van der Waals surface area contributed by atoms with Crippen molar-refractivity contribution in [3.8, 4) is 0 Å². The minimum absolute atomic E-state index is 0.0410. The summed E-state index contributed by atoms with van der Waals surface area (Å²) in [7, 11) is 0. The lowest BCUT2D eigenvalue weighted by Crippen LogP contribution is -2.63. The lowest BCUT2D eigenvalue weighted by atomic mass is 9.73. The summed E-state index contributed by atoms with van der Waals surface area (Å²) < 4.78 is 44.9. The summed E-state index contributed by atoms with van der Waals surface area (Å²) in [6.07, 6.45) is 6.28. The third kappa shape index (κ3) is 10.1. The molecule has 336 valence electrons. The minimum Gasteiger partial charge on any atom is -0.461 e. The number of ether oxygens (including phenoxy) is 7. The number of nitrogens with one attached hydrogen (secondary N) is 1. The molecular formula is C45H74N2O12. The van der Waals surface area contributed by atoms with Crippen LogP contribution in [0.2, 0.25) is 0 Å². The summed E-state index contributed by atoms with van der Waals surface area (Å²) in [4.78, 5) is 40.2. The molecule has 0 aliphatic carbocycles. The number of amides is 1. The molecule has 5 heterocycles. The SMILES string of the molecule is C=CCOC(=O)C(CC)C1CCCC(C(N)C(O)C(C)C(=O)C(CC)C2OC3(C=CC(OC(=O)NCC)C4(CCC(C5CCC(O)(CC)C(C)O5)O4)O3)C(C)CC2C)O1. The molecule has 0 radical (unpaired) electrons. The number of rotatable bonds is 16. The van der Waals surface area contributed by atoms with Gasteiger partial charge in [0.2, 0.25) is 5.79 Å². The zero-order valence-corrected chi connectivity index (χ0v) is 36.8. The van der Waals surface area contributed by atoms with Gasteiger partial charge in [-0.3, -0.25) is 9.59 Å². The predicted molar refractivity (Wildman–Crippen MR) is 220 cm³/mol. The average Bonchev–Trinajstić information content (AvgIpc) is 3.64. The van der Waals surface area contributed by atoms with Crippen molar-refractivity contribution in [1.82, 2.24) is 5.32 Å². The smallest absolute Gasteiger partial charge is 0.407 e. The Morgan fingerprint density at radius 3 is 2.32 bits per heavy atom. The van der Waals surface area contributed by atoms with E-state index in [1.165, 1.54) is 6.08 Å². The number of Topliss-reactive ketones (excluding diaryl/α,β-unsaturated/α-hetero) is 1. The molecule has 5 N–H and O–H groups in total. The molecule has 0 aromatic carbocycles. The number of nitrogens with two attached hydrogens (primary N) is 1. The fourth-order valence-electron chi connectivity index (χ4n) is 10.3. The van der Waals surface area contributed by atoms with Crippen LogP contribution < -0.4 is 11.1 Å². The van der Waals surface area contributed by atoms with Gasteiger partial charge >= 0.3 is 12.1 Å². The van der Waals surface area contributed by atoms with Crippen LogP contribution >= 0.6 is 0 Å². The molecule has 14 nitrogen and oxygen atoms in total. The Labute approximate surface area is 351 Å². The van der Waals surface area contributed by atoms with Crippen molar-refractivity contribution in [2.45, 2.75) is 198 Å². The summed E-state index contributed by atoms with van der Waals surface area (Å²) >= 11 is 0. The third-order valence-corrected chi connectivity index (χ3v) is 14.1. The highest BCUT2D eigenvalue weighted by atomic mass is 16.8. The lowest BCUT2D eigenvalue weighted by molar-refractivity contribution is -0.400. The van der Waals surface area contributed by atoms with E-state index in [2.05, 4.69) is 18.8 Å². The number of hydrogen-bond donors (Lipinski definition) is 4. The van der Waals surface area contributed by atoms with Gasteiger partial charge < -0.3 is 54.4 Å². The summed E-state index contributed by atoms with van der Waals surface area (Å²) in [5, 5.41) is 25.5. The second-order valence-corrected chi connectivity index (χ2v) is 17.9. The topological polar surface area (TPSA) is 194 Å². The average molecular weight is 835 g/mol. The Bertz CT molecular complexity index is 1480. The molecule has 17 unspecified atom stereocenters. The molecule has 0 bridgehead atoms. The second kappa shape index (κ2) is 20.2. The zero-order chi connectivity index (χ0) is 43.3. The first-order valence-electron chi connectivity index (χ1n) is 22.5. The molecule has 5 rings (SSSR count). The van der Waals surface area contributed by atoms with Gasteiger partial charge in [0.25, 0.3) is 0 Å². The van der Waals surface area contributed by atoms with Crippen molar-refractivity contribution in [2.75, 3.05) is 13.2 Å². The monoisotopic (exact) mass is 835 g/mol.